The molecule has 0 amide bonds. The number of rotatable bonds is 4. The third-order valence-corrected chi connectivity index (χ3v) is 11.8. The van der Waals surface area contributed by atoms with Crippen molar-refractivity contribution in [2.24, 2.45) is 0 Å². The topological polar surface area (TPSA) is 61.9 Å². The van der Waals surface area contributed by atoms with Crippen LogP contribution in [0.3, 0.4) is 0 Å². The zero-order chi connectivity index (χ0) is 37.9. The highest BCUT2D eigenvalue weighted by Crippen LogP contribution is 2.46. The molecule has 6 nitrogen and oxygen atoms in total. The van der Waals surface area contributed by atoms with Gasteiger partial charge in [-0.05, 0) is 113 Å². The molecule has 0 radical (unpaired) electrons. The number of nitrogens with zero attached hydrogens (tertiary/aromatic N) is 4. The van der Waals surface area contributed by atoms with Gasteiger partial charge >= 0.3 is 0 Å². The fraction of sp³-hybridized carbons (Fsp3) is 0. The number of furan rings is 2. The molecule has 6 heterocycles. The molecular formula is C52H30N4O2. The van der Waals surface area contributed by atoms with E-state index in [9.17, 15) is 0 Å². The predicted octanol–water partition coefficient (Wildman–Crippen LogP) is 13.8. The van der Waals surface area contributed by atoms with Crippen LogP contribution in [0.5, 0.6) is 0 Å². The minimum Gasteiger partial charge on any atom is -0.454 e. The first-order valence-electron chi connectivity index (χ1n) is 19.5. The van der Waals surface area contributed by atoms with Crippen LogP contribution in [-0.4, -0.2) is 19.1 Å². The quantitative estimate of drug-likeness (QED) is 0.180. The van der Waals surface area contributed by atoms with Gasteiger partial charge in [0.25, 0.3) is 0 Å². The second-order valence-electron chi connectivity index (χ2n) is 15.0. The van der Waals surface area contributed by atoms with Gasteiger partial charge in [0.2, 0.25) is 0 Å². The Kier molecular flexibility index (Phi) is 6.35. The number of benzene rings is 7. The number of hydrogen-bond acceptors (Lipinski definition) is 4. The molecular weight excluding hydrogens is 713 g/mol. The summed E-state index contributed by atoms with van der Waals surface area (Å²) in [5.74, 6) is 0. The number of para-hydroxylation sites is 2. The largest absolute Gasteiger partial charge is 0.454 e. The number of aromatic nitrogens is 4. The molecule has 0 unspecified atom stereocenters. The molecule has 0 aliphatic heterocycles. The lowest BCUT2D eigenvalue weighted by molar-refractivity contribution is 0.667. The van der Waals surface area contributed by atoms with Crippen LogP contribution in [-0.2, 0) is 0 Å². The van der Waals surface area contributed by atoms with Gasteiger partial charge in [-0.3, -0.25) is 9.97 Å². The molecule has 0 atom stereocenters. The van der Waals surface area contributed by atoms with Crippen molar-refractivity contribution in [1.29, 1.82) is 0 Å². The highest BCUT2D eigenvalue weighted by atomic mass is 16.3. The third kappa shape index (κ3) is 4.37. The molecule has 6 heteroatoms. The summed E-state index contributed by atoms with van der Waals surface area (Å²) < 4.78 is 17.1. The van der Waals surface area contributed by atoms with E-state index in [4.69, 9.17) is 13.8 Å². The lowest BCUT2D eigenvalue weighted by Gasteiger charge is -2.15. The highest BCUT2D eigenvalue weighted by molar-refractivity contribution is 6.19. The van der Waals surface area contributed by atoms with Gasteiger partial charge in [0.1, 0.15) is 22.2 Å². The molecule has 0 fully saturated rings. The van der Waals surface area contributed by atoms with Gasteiger partial charge in [0.05, 0.1) is 22.1 Å². The molecule has 6 aromatic heterocycles. The Balaban J connectivity index is 1.11. The fourth-order valence-electron chi connectivity index (χ4n) is 9.34. The van der Waals surface area contributed by atoms with Crippen molar-refractivity contribution in [1.82, 2.24) is 19.1 Å². The van der Waals surface area contributed by atoms with Gasteiger partial charge < -0.3 is 18.0 Å². The van der Waals surface area contributed by atoms with Crippen LogP contribution in [0, 0.1) is 0 Å². The van der Waals surface area contributed by atoms with E-state index in [0.29, 0.717) is 0 Å². The molecule has 13 aromatic rings. The SMILES string of the molecule is c1ccc(-c2cc3c(cc2-c2cccc4c2c2ccccc2n4-c2ccc4oc5cccnc5c4c2)c2ccccc2n3-c2ccc3oc4cccnc4c3c2)cc1. The van der Waals surface area contributed by atoms with E-state index in [-0.39, 0.29) is 0 Å². The van der Waals surface area contributed by atoms with Crippen molar-refractivity contribution in [3.05, 3.63) is 182 Å². The average molecular weight is 743 g/mol. The molecule has 0 spiro atoms. The first kappa shape index (κ1) is 31.3. The van der Waals surface area contributed by atoms with Crippen LogP contribution in [0.1, 0.15) is 0 Å². The molecule has 270 valence electrons. The maximum atomic E-state index is 6.19. The van der Waals surface area contributed by atoms with Crippen molar-refractivity contribution in [2.45, 2.75) is 0 Å². The molecule has 0 saturated heterocycles. The van der Waals surface area contributed by atoms with Crippen LogP contribution >= 0.6 is 0 Å². The Morgan fingerprint density at radius 1 is 0.345 bits per heavy atom. The number of pyridine rings is 2. The van der Waals surface area contributed by atoms with Gasteiger partial charge in [-0.1, -0.05) is 78.9 Å². The second-order valence-corrected chi connectivity index (χ2v) is 15.0. The Morgan fingerprint density at radius 3 is 1.62 bits per heavy atom. The van der Waals surface area contributed by atoms with E-state index in [0.717, 1.165) is 88.7 Å². The zero-order valence-electron chi connectivity index (χ0n) is 30.9. The molecule has 13 rings (SSSR count). The van der Waals surface area contributed by atoms with Crippen LogP contribution < -0.4 is 0 Å². The van der Waals surface area contributed by atoms with E-state index in [1.807, 2.05) is 36.7 Å². The lowest BCUT2D eigenvalue weighted by atomic mass is 9.90. The van der Waals surface area contributed by atoms with E-state index >= 15 is 0 Å². The van der Waals surface area contributed by atoms with Crippen LogP contribution in [0.25, 0.3) is 121 Å². The maximum absolute atomic E-state index is 6.19. The first-order chi connectivity index (χ1) is 28.8. The summed E-state index contributed by atoms with van der Waals surface area (Å²) in [5, 5.41) is 6.78. The molecule has 7 aromatic carbocycles. The predicted molar refractivity (Wildman–Crippen MR) is 236 cm³/mol. The fourth-order valence-corrected chi connectivity index (χ4v) is 9.34. The second kappa shape index (κ2) is 11.8. The summed E-state index contributed by atoms with van der Waals surface area (Å²) >= 11 is 0. The monoisotopic (exact) mass is 742 g/mol. The molecule has 0 saturated carbocycles. The normalized spacial score (nSPS) is 12.1. The Morgan fingerprint density at radius 2 is 0.931 bits per heavy atom. The van der Waals surface area contributed by atoms with E-state index in [2.05, 4.69) is 160 Å². The summed E-state index contributed by atoms with van der Waals surface area (Å²) in [5.41, 5.74) is 16.3. The average Bonchev–Trinajstić information content (AvgIpc) is 4.03. The van der Waals surface area contributed by atoms with Gasteiger partial charge in [0.15, 0.2) is 11.2 Å². The van der Waals surface area contributed by atoms with Crippen molar-refractivity contribution in [2.75, 3.05) is 0 Å². The summed E-state index contributed by atoms with van der Waals surface area (Å²) in [4.78, 5) is 9.38. The smallest absolute Gasteiger partial charge is 0.153 e. The number of fused-ring (bicyclic) bond motifs is 12. The Hall–Kier alpha value is -7.96. The Bertz CT molecular complexity index is 3810. The van der Waals surface area contributed by atoms with E-state index in [1.165, 1.54) is 32.7 Å². The van der Waals surface area contributed by atoms with Crippen molar-refractivity contribution >= 4 is 87.7 Å². The van der Waals surface area contributed by atoms with Crippen molar-refractivity contribution in [3.8, 4) is 33.6 Å². The number of hydrogen-bond donors (Lipinski definition) is 0. The molecule has 0 aliphatic carbocycles. The zero-order valence-corrected chi connectivity index (χ0v) is 30.9. The lowest BCUT2D eigenvalue weighted by Crippen LogP contribution is -1.95. The van der Waals surface area contributed by atoms with Gasteiger partial charge in [-0.15, -0.1) is 0 Å². The van der Waals surface area contributed by atoms with E-state index < -0.39 is 0 Å². The van der Waals surface area contributed by atoms with Crippen LogP contribution in [0.4, 0.5) is 0 Å². The summed E-state index contributed by atoms with van der Waals surface area (Å²) in [6.07, 6.45) is 3.65. The molecule has 58 heavy (non-hydrogen) atoms. The first-order valence-corrected chi connectivity index (χ1v) is 19.5. The van der Waals surface area contributed by atoms with Gasteiger partial charge in [-0.2, -0.15) is 0 Å². The van der Waals surface area contributed by atoms with Gasteiger partial charge in [-0.25, -0.2) is 0 Å². The minimum absolute atomic E-state index is 0.788. The Labute approximate surface area is 330 Å². The molecule has 0 aliphatic rings. The standard InChI is InChI=1S/C52H30N4O2/c1-2-11-31(12-3-1)37-30-45-39(34-13-4-6-16-42(34)56(45)33-22-24-47-41(28-33)52-49(58-47)20-10-26-54-52)29-38(37)35-15-8-18-44-50(35)36-14-5-7-17-43(36)55(44)32-21-23-46-40(27-32)51-48(57-46)19-9-25-53-51/h1-30H. The minimum atomic E-state index is 0.788. The van der Waals surface area contributed by atoms with Gasteiger partial charge in [0, 0.05) is 56.1 Å². The van der Waals surface area contributed by atoms with E-state index in [1.54, 1.807) is 0 Å². The molecule has 0 bridgehead atoms. The van der Waals surface area contributed by atoms with Crippen LogP contribution in [0.15, 0.2) is 191 Å². The maximum Gasteiger partial charge on any atom is 0.153 e. The highest BCUT2D eigenvalue weighted by Gasteiger charge is 2.22. The van der Waals surface area contributed by atoms with Crippen LogP contribution in [0.2, 0.25) is 0 Å². The molecule has 0 N–H and O–H groups in total. The third-order valence-electron chi connectivity index (χ3n) is 11.8. The summed E-state index contributed by atoms with van der Waals surface area (Å²) in [7, 11) is 0. The van der Waals surface area contributed by atoms with Crippen molar-refractivity contribution in [3.63, 3.8) is 0 Å². The summed E-state index contributed by atoms with van der Waals surface area (Å²) in [6.45, 7) is 0. The van der Waals surface area contributed by atoms with Crippen molar-refractivity contribution < 1.29 is 8.83 Å². The summed E-state index contributed by atoms with van der Waals surface area (Å²) in [6, 6.07) is 60.4.